The van der Waals surface area contributed by atoms with Crippen LogP contribution in [0.4, 0.5) is 13.2 Å². The van der Waals surface area contributed by atoms with Crippen LogP contribution in [0, 0.1) is 17.5 Å². The molecule has 0 bridgehead atoms. The molecule has 1 radical (unpaired) electrons. The number of aryl methyl sites for hydroxylation is 2. The minimum absolute atomic E-state index is 0.164. The van der Waals surface area contributed by atoms with E-state index >= 15 is 4.39 Å². The third-order valence-corrected chi connectivity index (χ3v) is 10.0. The Labute approximate surface area is 202 Å². The second kappa shape index (κ2) is 11.9. The third-order valence-electron chi connectivity index (χ3n) is 6.99. The van der Waals surface area contributed by atoms with E-state index in [9.17, 15) is 8.78 Å². The van der Waals surface area contributed by atoms with Crippen LogP contribution in [0.25, 0.3) is 11.1 Å². The van der Waals surface area contributed by atoms with E-state index in [-0.39, 0.29) is 14.6 Å². The third kappa shape index (κ3) is 6.39. The molecule has 1 aliphatic heterocycles. The van der Waals surface area contributed by atoms with Crippen molar-refractivity contribution >= 4 is 8.80 Å². The summed E-state index contributed by atoms with van der Waals surface area (Å²) in [6.45, 7) is 0.861. The number of rotatable bonds is 9. The average molecular weight is 482 g/mol. The number of benzene rings is 3. The topological polar surface area (TPSA) is 9.23 Å². The van der Waals surface area contributed by atoms with Crippen LogP contribution in [-0.2, 0) is 17.6 Å². The molecule has 1 fully saturated rings. The predicted molar refractivity (Wildman–Crippen MR) is 134 cm³/mol. The van der Waals surface area contributed by atoms with E-state index in [1.54, 1.807) is 19.2 Å². The van der Waals surface area contributed by atoms with E-state index in [2.05, 4.69) is 6.07 Å². The molecular weight excluding hydrogens is 449 g/mol. The second-order valence-corrected chi connectivity index (χ2v) is 12.3. The quantitative estimate of drug-likeness (QED) is 0.222. The van der Waals surface area contributed by atoms with Crippen molar-refractivity contribution in [3.8, 4) is 11.1 Å². The minimum atomic E-state index is -0.826. The molecule has 1 saturated heterocycles. The van der Waals surface area contributed by atoms with Crippen molar-refractivity contribution in [2.24, 2.45) is 0 Å². The predicted octanol–water partition coefficient (Wildman–Crippen LogP) is 7.96. The van der Waals surface area contributed by atoms with Crippen molar-refractivity contribution in [2.45, 2.75) is 56.2 Å². The Morgan fingerprint density at radius 3 is 2.18 bits per heavy atom. The molecule has 0 N–H and O–H groups in total. The molecule has 4 rings (SSSR count). The number of ether oxygens (including phenoxy) is 1. The maximum absolute atomic E-state index is 15.0. The van der Waals surface area contributed by atoms with Crippen LogP contribution >= 0.6 is 0 Å². The smallest absolute Gasteiger partial charge is 0.159 e. The van der Waals surface area contributed by atoms with Gasteiger partial charge in [0, 0.05) is 28.1 Å². The fourth-order valence-electron chi connectivity index (χ4n) is 4.93. The number of methoxy groups -OCH3 is 1. The van der Waals surface area contributed by atoms with Crippen LogP contribution in [0.15, 0.2) is 60.7 Å². The molecule has 0 amide bonds. The molecule has 0 spiro atoms. The molecule has 1 nitrogen and oxygen atoms in total. The maximum Gasteiger partial charge on any atom is 0.159 e. The zero-order valence-electron chi connectivity index (χ0n) is 19.8. The molecule has 5 heteroatoms. The molecular formula is C29H32F3OSi. The van der Waals surface area contributed by atoms with Crippen LogP contribution < -0.4 is 0 Å². The molecule has 3 aromatic carbocycles. The van der Waals surface area contributed by atoms with Gasteiger partial charge in [0.1, 0.15) is 5.82 Å². The summed E-state index contributed by atoms with van der Waals surface area (Å²) < 4.78 is 46.7. The normalized spacial score (nSPS) is 15.1. The van der Waals surface area contributed by atoms with Gasteiger partial charge in [0.2, 0.25) is 0 Å². The van der Waals surface area contributed by atoms with Gasteiger partial charge in [0.15, 0.2) is 11.6 Å². The van der Waals surface area contributed by atoms with E-state index in [1.807, 2.05) is 30.3 Å². The Kier molecular flexibility index (Phi) is 8.62. The summed E-state index contributed by atoms with van der Waals surface area (Å²) in [5.74, 6) is -1.34. The second-order valence-electron chi connectivity index (χ2n) is 9.31. The molecule has 0 unspecified atom stereocenters. The van der Waals surface area contributed by atoms with Crippen molar-refractivity contribution in [2.75, 3.05) is 13.7 Å². The van der Waals surface area contributed by atoms with Crippen LogP contribution in [0.5, 0.6) is 0 Å². The van der Waals surface area contributed by atoms with Gasteiger partial charge in [-0.1, -0.05) is 60.6 Å². The van der Waals surface area contributed by atoms with Crippen molar-refractivity contribution in [1.29, 1.82) is 0 Å². The van der Waals surface area contributed by atoms with E-state index in [0.717, 1.165) is 34.9 Å². The molecule has 34 heavy (non-hydrogen) atoms. The van der Waals surface area contributed by atoms with E-state index < -0.39 is 11.6 Å². The van der Waals surface area contributed by atoms with Crippen molar-refractivity contribution in [3.05, 3.63) is 94.8 Å². The van der Waals surface area contributed by atoms with Crippen LogP contribution in [0.1, 0.15) is 41.9 Å². The minimum Gasteiger partial charge on any atom is -0.385 e. The number of hydrogen-bond acceptors (Lipinski definition) is 1. The van der Waals surface area contributed by atoms with Crippen LogP contribution in [-0.4, -0.2) is 22.5 Å². The highest BCUT2D eigenvalue weighted by Crippen LogP contribution is 2.36. The van der Waals surface area contributed by atoms with Gasteiger partial charge >= 0.3 is 0 Å². The lowest BCUT2D eigenvalue weighted by Gasteiger charge is -2.28. The first kappa shape index (κ1) is 24.7. The molecule has 0 aromatic heterocycles. The lowest BCUT2D eigenvalue weighted by Crippen LogP contribution is -2.20. The van der Waals surface area contributed by atoms with E-state index in [4.69, 9.17) is 4.74 Å². The molecule has 179 valence electrons. The summed E-state index contributed by atoms with van der Waals surface area (Å²) in [6, 6.07) is 21.6. The largest absolute Gasteiger partial charge is 0.385 e. The van der Waals surface area contributed by atoms with Crippen molar-refractivity contribution < 1.29 is 17.9 Å². The molecule has 1 heterocycles. The first-order valence-electron chi connectivity index (χ1n) is 12.2. The number of hydrogen-bond donors (Lipinski definition) is 0. The summed E-state index contributed by atoms with van der Waals surface area (Å²) in [6.07, 6.45) is 4.85. The monoisotopic (exact) mass is 481 g/mol. The maximum atomic E-state index is 15.0. The lowest BCUT2D eigenvalue weighted by molar-refractivity contribution is 0.199. The Balaban J connectivity index is 1.34. The van der Waals surface area contributed by atoms with Crippen LogP contribution in [0.3, 0.4) is 0 Å². The summed E-state index contributed by atoms with van der Waals surface area (Å²) in [5, 5.41) is 0. The average Bonchev–Trinajstić information content (AvgIpc) is 2.86. The Morgan fingerprint density at radius 1 is 0.794 bits per heavy atom. The van der Waals surface area contributed by atoms with Crippen molar-refractivity contribution in [1.82, 2.24) is 0 Å². The SMILES string of the molecule is COCCC[Si]1CCC(c2ccc(-c3ccc(CCc4ccc(F)c(F)c4)cc3)c(F)c2)CC1. The van der Waals surface area contributed by atoms with E-state index in [0.29, 0.717) is 24.3 Å². The van der Waals surface area contributed by atoms with Gasteiger partial charge in [0.25, 0.3) is 0 Å². The number of halogens is 3. The molecule has 0 saturated carbocycles. The van der Waals surface area contributed by atoms with Gasteiger partial charge in [-0.25, -0.2) is 13.2 Å². The zero-order valence-corrected chi connectivity index (χ0v) is 20.8. The lowest BCUT2D eigenvalue weighted by atomic mass is 9.91. The standard InChI is InChI=1S/C29H32F3OSi/c1-33-15-2-16-34-17-13-23(14-18-34)25-10-11-26(28(31)20-25)24-8-5-21(6-9-24)3-4-22-7-12-27(30)29(32)19-22/h5-12,19-20,23H,2-4,13-18H2,1H3. The van der Waals surface area contributed by atoms with Gasteiger partial charge in [-0.15, -0.1) is 0 Å². The zero-order chi connectivity index (χ0) is 23.9. The Hall–Kier alpha value is -2.37. The summed E-state index contributed by atoms with van der Waals surface area (Å²) in [5.41, 5.74) is 4.44. The summed E-state index contributed by atoms with van der Waals surface area (Å²) in [7, 11) is 1.50. The fraction of sp³-hybridized carbons (Fsp3) is 0.379. The van der Waals surface area contributed by atoms with Crippen molar-refractivity contribution in [3.63, 3.8) is 0 Å². The fourth-order valence-corrected chi connectivity index (χ4v) is 7.84. The summed E-state index contributed by atoms with van der Waals surface area (Å²) in [4.78, 5) is 0. The first-order chi connectivity index (χ1) is 16.5. The van der Waals surface area contributed by atoms with Gasteiger partial charge in [0.05, 0.1) is 0 Å². The van der Waals surface area contributed by atoms with Gasteiger partial charge in [-0.3, -0.25) is 0 Å². The molecule has 0 atom stereocenters. The highest BCUT2D eigenvalue weighted by atomic mass is 28.3. The molecule has 1 aliphatic rings. The van der Waals surface area contributed by atoms with E-state index in [1.165, 1.54) is 43.5 Å². The van der Waals surface area contributed by atoms with Gasteiger partial charge in [-0.2, -0.15) is 0 Å². The Bertz CT molecular complexity index is 1080. The highest BCUT2D eigenvalue weighted by molar-refractivity contribution is 6.59. The van der Waals surface area contributed by atoms with Gasteiger partial charge < -0.3 is 4.74 Å². The highest BCUT2D eigenvalue weighted by Gasteiger charge is 2.24. The van der Waals surface area contributed by atoms with Gasteiger partial charge in [-0.05, 0) is 78.5 Å². The first-order valence-corrected chi connectivity index (χ1v) is 14.3. The summed E-state index contributed by atoms with van der Waals surface area (Å²) >= 11 is 0. The molecule has 3 aromatic rings. The Morgan fingerprint density at radius 2 is 1.50 bits per heavy atom. The van der Waals surface area contributed by atoms with Crippen LogP contribution in [0.2, 0.25) is 18.1 Å². The molecule has 0 aliphatic carbocycles.